The Morgan fingerprint density at radius 3 is 2.32 bits per heavy atom. The first-order valence-electron chi connectivity index (χ1n) is 14.9. The van der Waals surface area contributed by atoms with Gasteiger partial charge in [0.25, 0.3) is 0 Å². The van der Waals surface area contributed by atoms with Gasteiger partial charge in [-0.05, 0) is 40.3 Å². The number of benzene rings is 4. The third kappa shape index (κ3) is 5.31. The number of amidine groups is 1. The zero-order chi connectivity index (χ0) is 30.1. The zero-order valence-electron chi connectivity index (χ0n) is 24.1. The normalized spacial score (nSPS) is 22.4. The van der Waals surface area contributed by atoms with Crippen molar-refractivity contribution < 1.29 is 23.8 Å². The Labute approximate surface area is 260 Å². The number of aliphatic imine (C=N–C) groups is 1. The van der Waals surface area contributed by atoms with Gasteiger partial charge in [-0.3, -0.25) is 4.90 Å². The van der Waals surface area contributed by atoms with Crippen LogP contribution in [0.4, 0.5) is 9.18 Å². The molecule has 4 aromatic rings. The van der Waals surface area contributed by atoms with Gasteiger partial charge < -0.3 is 14.6 Å². The molecule has 0 unspecified atom stereocenters. The van der Waals surface area contributed by atoms with Gasteiger partial charge in [0, 0.05) is 29.7 Å². The number of carbonyl (C=O) groups is 1. The van der Waals surface area contributed by atoms with E-state index >= 15 is 4.39 Å². The van der Waals surface area contributed by atoms with Crippen LogP contribution in [-0.4, -0.2) is 52.9 Å². The maximum Gasteiger partial charge on any atom is 0.413 e. The topological polar surface area (TPSA) is 71.4 Å². The average Bonchev–Trinajstić information content (AvgIpc) is 3.37. The molecule has 1 amide bonds. The Morgan fingerprint density at radius 2 is 1.61 bits per heavy atom. The molecular weight excluding hydrogens is 575 g/mol. The molecule has 2 aliphatic heterocycles. The first-order chi connectivity index (χ1) is 21.5. The van der Waals surface area contributed by atoms with Gasteiger partial charge >= 0.3 is 6.09 Å². The van der Waals surface area contributed by atoms with Crippen molar-refractivity contribution in [2.45, 2.75) is 30.6 Å². The van der Waals surface area contributed by atoms with Gasteiger partial charge in [0.2, 0.25) is 0 Å². The van der Waals surface area contributed by atoms with E-state index in [2.05, 4.69) is 24.3 Å². The van der Waals surface area contributed by atoms with Crippen molar-refractivity contribution in [3.63, 3.8) is 0 Å². The number of thioether (sulfide) groups is 1. The Balaban J connectivity index is 1.18. The molecule has 2 heterocycles. The fourth-order valence-corrected chi connectivity index (χ4v) is 8.13. The summed E-state index contributed by atoms with van der Waals surface area (Å²) >= 11 is 1.43. The van der Waals surface area contributed by atoms with E-state index in [0.29, 0.717) is 36.1 Å². The van der Waals surface area contributed by atoms with E-state index in [1.54, 1.807) is 18.2 Å². The third-order valence-corrected chi connectivity index (χ3v) is 10.2. The number of nitrogens with zero attached hydrogens (tertiary/aromatic N) is 2. The van der Waals surface area contributed by atoms with Crippen LogP contribution < -0.4 is 0 Å². The van der Waals surface area contributed by atoms with Crippen molar-refractivity contribution >= 4 is 23.0 Å². The number of hydrogen-bond donors (Lipinski definition) is 1. The smallest absolute Gasteiger partial charge is 0.413 e. The number of ether oxygens (including phenoxy) is 2. The Kier molecular flexibility index (Phi) is 7.97. The van der Waals surface area contributed by atoms with Crippen LogP contribution in [0.15, 0.2) is 108 Å². The fraction of sp³-hybridized carbons (Fsp3) is 0.278. The van der Waals surface area contributed by atoms with Crippen LogP contribution >= 0.6 is 11.8 Å². The van der Waals surface area contributed by atoms with Crippen LogP contribution in [0.25, 0.3) is 11.1 Å². The summed E-state index contributed by atoms with van der Waals surface area (Å²) < 4.78 is 27.8. The van der Waals surface area contributed by atoms with Gasteiger partial charge in [-0.2, -0.15) is 0 Å². The van der Waals surface area contributed by atoms with Crippen LogP contribution in [0, 0.1) is 11.7 Å². The highest BCUT2D eigenvalue weighted by Crippen LogP contribution is 2.49. The number of fused-ring (bicyclic) bond motifs is 4. The minimum atomic E-state index is -1.08. The van der Waals surface area contributed by atoms with Crippen molar-refractivity contribution in [1.29, 1.82) is 0 Å². The molecule has 3 atom stereocenters. The maximum absolute atomic E-state index is 15.5. The molecule has 3 aliphatic rings. The highest BCUT2D eigenvalue weighted by atomic mass is 32.2. The molecule has 44 heavy (non-hydrogen) atoms. The molecule has 1 fully saturated rings. The first-order valence-corrected chi connectivity index (χ1v) is 15.9. The minimum absolute atomic E-state index is 0.0594. The summed E-state index contributed by atoms with van der Waals surface area (Å²) in [6.07, 6.45) is -0.615. The summed E-state index contributed by atoms with van der Waals surface area (Å²) in [4.78, 5) is 19.3. The van der Waals surface area contributed by atoms with Crippen molar-refractivity contribution in [1.82, 2.24) is 4.90 Å². The van der Waals surface area contributed by atoms with Crippen molar-refractivity contribution in [2.24, 2.45) is 10.9 Å². The minimum Gasteiger partial charge on any atom is -0.465 e. The van der Waals surface area contributed by atoms with Crippen LogP contribution in [-0.2, 0) is 21.6 Å². The molecule has 6 nitrogen and oxygen atoms in total. The lowest BCUT2D eigenvalue weighted by Gasteiger charge is -2.47. The Morgan fingerprint density at radius 1 is 0.955 bits per heavy atom. The number of amides is 1. The van der Waals surface area contributed by atoms with Crippen LogP contribution in [0.2, 0.25) is 0 Å². The molecule has 7 rings (SSSR count). The van der Waals surface area contributed by atoms with E-state index in [9.17, 15) is 9.90 Å². The second-order valence-electron chi connectivity index (χ2n) is 11.6. The van der Waals surface area contributed by atoms with E-state index in [4.69, 9.17) is 14.5 Å². The maximum atomic E-state index is 15.5. The number of halogens is 1. The lowest BCUT2D eigenvalue weighted by atomic mass is 9.75. The molecule has 1 saturated heterocycles. The van der Waals surface area contributed by atoms with E-state index in [1.807, 2.05) is 54.6 Å². The van der Waals surface area contributed by atoms with E-state index < -0.39 is 11.6 Å². The highest BCUT2D eigenvalue weighted by Gasteiger charge is 2.50. The molecule has 0 radical (unpaired) electrons. The van der Waals surface area contributed by atoms with Gasteiger partial charge in [0.15, 0.2) is 5.17 Å². The summed E-state index contributed by atoms with van der Waals surface area (Å²) in [5.41, 5.74) is 4.94. The van der Waals surface area contributed by atoms with Crippen molar-refractivity contribution in [2.75, 3.05) is 25.5 Å². The highest BCUT2D eigenvalue weighted by molar-refractivity contribution is 8.13. The zero-order valence-corrected chi connectivity index (χ0v) is 25.0. The van der Waals surface area contributed by atoms with Gasteiger partial charge in [0.1, 0.15) is 11.4 Å². The molecular formula is C36H33FN2O4S. The molecule has 0 saturated carbocycles. The number of hydrogen-bond acceptors (Lipinski definition) is 5. The van der Waals surface area contributed by atoms with E-state index in [-0.39, 0.29) is 36.9 Å². The quantitative estimate of drug-likeness (QED) is 0.235. The second-order valence-corrected chi connectivity index (χ2v) is 12.6. The van der Waals surface area contributed by atoms with Crippen LogP contribution in [0.1, 0.15) is 34.6 Å². The Hall–Kier alpha value is -3.98. The fourth-order valence-electron chi connectivity index (χ4n) is 6.83. The monoisotopic (exact) mass is 608 g/mol. The van der Waals surface area contributed by atoms with E-state index in [1.165, 1.54) is 22.7 Å². The molecule has 4 aromatic carbocycles. The molecule has 8 heteroatoms. The molecule has 1 aliphatic carbocycles. The summed E-state index contributed by atoms with van der Waals surface area (Å²) in [5.74, 6) is 0.0248. The molecule has 0 aromatic heterocycles. The predicted octanol–water partition coefficient (Wildman–Crippen LogP) is 7.54. The third-order valence-electron chi connectivity index (χ3n) is 9.02. The molecule has 0 spiro atoms. The first kappa shape index (κ1) is 28.8. The van der Waals surface area contributed by atoms with Gasteiger partial charge in [-0.25, -0.2) is 14.2 Å². The van der Waals surface area contributed by atoms with E-state index in [0.717, 1.165) is 27.8 Å². The van der Waals surface area contributed by atoms with Gasteiger partial charge in [0.05, 0.1) is 25.9 Å². The summed E-state index contributed by atoms with van der Waals surface area (Å²) in [6.45, 7) is 1.26. The lowest BCUT2D eigenvalue weighted by molar-refractivity contribution is -0.0929. The second kappa shape index (κ2) is 12.2. The van der Waals surface area contributed by atoms with Crippen molar-refractivity contribution in [3.8, 4) is 11.1 Å². The molecule has 1 N–H and O–H groups in total. The van der Waals surface area contributed by atoms with Gasteiger partial charge in [-0.1, -0.05) is 109 Å². The molecule has 0 bridgehead atoms. The summed E-state index contributed by atoms with van der Waals surface area (Å²) in [6, 6.07) is 33.0. The number of rotatable bonds is 7. The largest absolute Gasteiger partial charge is 0.465 e. The lowest BCUT2D eigenvalue weighted by Crippen LogP contribution is -2.52. The standard InChI is InChI=1S/C36H33FN2O4S/c37-33-17-9-8-16-32(33)36-23-43-26(21-42-20-24-10-2-1-3-11-24)18-25(36)22-44-34(38-36)39(35(40)41)19-31-29-14-6-4-12-27(29)28-13-5-7-15-30(28)31/h1-17,25-26,31H,18-23H2,(H,40,41)/t25-,26+,36-/m0/s1. The van der Waals surface area contributed by atoms with Crippen LogP contribution in [0.5, 0.6) is 0 Å². The summed E-state index contributed by atoms with van der Waals surface area (Å²) in [5, 5.41) is 10.9. The Bertz CT molecular complexity index is 1650. The number of carboxylic acid groups (broad SMARTS) is 1. The van der Waals surface area contributed by atoms with Crippen LogP contribution in [0.3, 0.4) is 0 Å². The van der Waals surface area contributed by atoms with Gasteiger partial charge in [-0.15, -0.1) is 0 Å². The predicted molar refractivity (Wildman–Crippen MR) is 170 cm³/mol. The SMILES string of the molecule is O=C(O)N(CC1c2ccccc2-c2ccccc21)C1=N[C@@]2(c3ccccc3F)CO[C@@H](COCc3ccccc3)C[C@H]2CS1. The van der Waals surface area contributed by atoms with Crippen molar-refractivity contribution in [3.05, 3.63) is 131 Å². The molecule has 224 valence electrons. The summed E-state index contributed by atoms with van der Waals surface area (Å²) in [7, 11) is 0. The average molecular weight is 609 g/mol.